The minimum absolute atomic E-state index is 0. The van der Waals surface area contributed by atoms with Gasteiger partial charge in [0.05, 0.1) is 11.2 Å². The van der Waals surface area contributed by atoms with Crippen LogP contribution < -0.4 is 0 Å². The summed E-state index contributed by atoms with van der Waals surface area (Å²) in [5, 5.41) is 18.2. The SMILES string of the molecule is CC(C)(O)C(C)(C)O.[CaH2]. The third-order valence-corrected chi connectivity index (χ3v) is 1.50. The predicted molar refractivity (Wildman–Crippen MR) is 41.1 cm³/mol. The summed E-state index contributed by atoms with van der Waals surface area (Å²) < 4.78 is 0. The maximum atomic E-state index is 9.10. The minimum atomic E-state index is -1.01. The Morgan fingerprint density at radius 2 is 0.889 bits per heavy atom. The van der Waals surface area contributed by atoms with Crippen molar-refractivity contribution < 1.29 is 10.2 Å². The third kappa shape index (κ3) is 4.57. The summed E-state index contributed by atoms with van der Waals surface area (Å²) in [7, 11) is 0. The molecule has 0 aliphatic carbocycles. The van der Waals surface area contributed by atoms with Crippen molar-refractivity contribution in [1.29, 1.82) is 0 Å². The summed E-state index contributed by atoms with van der Waals surface area (Å²) in [5.74, 6) is 0. The van der Waals surface area contributed by atoms with E-state index >= 15 is 0 Å². The van der Waals surface area contributed by atoms with Crippen molar-refractivity contribution >= 4 is 37.7 Å². The van der Waals surface area contributed by atoms with Crippen LogP contribution in [0, 0.1) is 0 Å². The second-order valence-electron chi connectivity index (χ2n) is 3.12. The Kier molecular flexibility index (Phi) is 5.04. The first kappa shape index (κ1) is 12.8. The molecule has 54 valence electrons. The molecule has 0 bridgehead atoms. The van der Waals surface area contributed by atoms with E-state index in [0.29, 0.717) is 0 Å². The Bertz CT molecular complexity index is 66.0. The summed E-state index contributed by atoms with van der Waals surface area (Å²) in [6.45, 7) is 6.31. The quantitative estimate of drug-likeness (QED) is 0.513. The van der Waals surface area contributed by atoms with Crippen LogP contribution in [0.1, 0.15) is 27.7 Å². The first-order valence-corrected chi connectivity index (χ1v) is 2.70. The molecule has 9 heavy (non-hydrogen) atoms. The molecular formula is C6H16CaO2. The molecule has 0 aliphatic rings. The van der Waals surface area contributed by atoms with E-state index in [-0.39, 0.29) is 37.7 Å². The van der Waals surface area contributed by atoms with E-state index in [1.165, 1.54) is 0 Å². The van der Waals surface area contributed by atoms with E-state index in [2.05, 4.69) is 0 Å². The average Bonchev–Trinajstić information content (AvgIpc) is 1.25. The van der Waals surface area contributed by atoms with Gasteiger partial charge in [0.1, 0.15) is 0 Å². The molecule has 0 aromatic heterocycles. The summed E-state index contributed by atoms with van der Waals surface area (Å²) in [4.78, 5) is 0. The second kappa shape index (κ2) is 3.54. The topological polar surface area (TPSA) is 40.5 Å². The maximum absolute atomic E-state index is 9.10. The Balaban J connectivity index is 0. The van der Waals surface area contributed by atoms with E-state index < -0.39 is 11.2 Å². The molecule has 0 aromatic rings. The Hall–Kier alpha value is 1.18. The molecule has 0 amide bonds. The molecule has 0 heterocycles. The molecule has 0 radical (unpaired) electrons. The van der Waals surface area contributed by atoms with Gasteiger partial charge in [0.15, 0.2) is 0 Å². The van der Waals surface area contributed by atoms with Gasteiger partial charge in [0.25, 0.3) is 0 Å². The fourth-order valence-electron chi connectivity index (χ4n) is 0. The Morgan fingerprint density at radius 3 is 0.889 bits per heavy atom. The van der Waals surface area contributed by atoms with Crippen LogP contribution in [0.25, 0.3) is 0 Å². The van der Waals surface area contributed by atoms with Crippen molar-refractivity contribution in [3.63, 3.8) is 0 Å². The van der Waals surface area contributed by atoms with Crippen LogP contribution in [0.3, 0.4) is 0 Å². The average molecular weight is 160 g/mol. The summed E-state index contributed by atoms with van der Waals surface area (Å²) in [6.07, 6.45) is 0. The molecule has 0 fully saturated rings. The van der Waals surface area contributed by atoms with Gasteiger partial charge < -0.3 is 10.2 Å². The standard InChI is InChI=1S/C6H14O2.Ca.2H/c1-5(2,7)6(3,4)8;;;/h7-8H,1-4H3;;;. The van der Waals surface area contributed by atoms with Crippen LogP contribution >= 0.6 is 0 Å². The molecule has 0 atom stereocenters. The van der Waals surface area contributed by atoms with Crippen LogP contribution in [0.2, 0.25) is 0 Å². The second-order valence-corrected chi connectivity index (χ2v) is 3.12. The number of hydrogen-bond donors (Lipinski definition) is 2. The molecule has 0 aliphatic heterocycles. The molecule has 2 nitrogen and oxygen atoms in total. The normalized spacial score (nSPS) is 12.7. The van der Waals surface area contributed by atoms with Gasteiger partial charge >= 0.3 is 37.7 Å². The molecule has 0 saturated carbocycles. The fraction of sp³-hybridized carbons (Fsp3) is 1.00. The Morgan fingerprint density at radius 1 is 0.778 bits per heavy atom. The van der Waals surface area contributed by atoms with Gasteiger partial charge in [-0.25, -0.2) is 0 Å². The number of aliphatic hydroxyl groups is 2. The van der Waals surface area contributed by atoms with Gasteiger partial charge in [0.2, 0.25) is 0 Å². The van der Waals surface area contributed by atoms with Gasteiger partial charge in [-0.05, 0) is 27.7 Å². The molecule has 3 heteroatoms. The molecule has 0 saturated heterocycles. The van der Waals surface area contributed by atoms with Crippen molar-refractivity contribution in [2.75, 3.05) is 0 Å². The van der Waals surface area contributed by atoms with Gasteiger partial charge in [-0.15, -0.1) is 0 Å². The predicted octanol–water partition coefficient (Wildman–Crippen LogP) is -0.388. The zero-order valence-electron chi connectivity index (χ0n) is 5.89. The zero-order chi connectivity index (χ0) is 7.00. The van der Waals surface area contributed by atoms with Crippen molar-refractivity contribution in [2.45, 2.75) is 38.9 Å². The van der Waals surface area contributed by atoms with Crippen LogP contribution in [-0.4, -0.2) is 59.2 Å². The number of hydrogen-bond acceptors (Lipinski definition) is 2. The molecule has 0 unspecified atom stereocenters. The summed E-state index contributed by atoms with van der Waals surface area (Å²) in [6, 6.07) is 0. The van der Waals surface area contributed by atoms with E-state index in [1.54, 1.807) is 27.7 Å². The van der Waals surface area contributed by atoms with Gasteiger partial charge in [0, 0.05) is 0 Å². The van der Waals surface area contributed by atoms with Crippen molar-refractivity contribution in [3.05, 3.63) is 0 Å². The van der Waals surface area contributed by atoms with Crippen LogP contribution in [0.4, 0.5) is 0 Å². The molecule has 0 spiro atoms. The summed E-state index contributed by atoms with van der Waals surface area (Å²) >= 11 is 0. The van der Waals surface area contributed by atoms with Crippen molar-refractivity contribution in [3.8, 4) is 0 Å². The fourth-order valence-corrected chi connectivity index (χ4v) is 0. The summed E-state index contributed by atoms with van der Waals surface area (Å²) in [5.41, 5.74) is -2.01. The van der Waals surface area contributed by atoms with E-state index in [4.69, 9.17) is 10.2 Å². The molecule has 2 N–H and O–H groups in total. The Labute approximate surface area is 86.3 Å². The van der Waals surface area contributed by atoms with E-state index in [9.17, 15) is 0 Å². The van der Waals surface area contributed by atoms with Crippen LogP contribution in [0.15, 0.2) is 0 Å². The van der Waals surface area contributed by atoms with Crippen molar-refractivity contribution in [2.24, 2.45) is 0 Å². The van der Waals surface area contributed by atoms with Crippen molar-refractivity contribution in [1.82, 2.24) is 0 Å². The molecular weight excluding hydrogens is 144 g/mol. The monoisotopic (exact) mass is 160 g/mol. The number of rotatable bonds is 1. The van der Waals surface area contributed by atoms with E-state index in [1.807, 2.05) is 0 Å². The van der Waals surface area contributed by atoms with Crippen LogP contribution in [-0.2, 0) is 0 Å². The first-order valence-electron chi connectivity index (χ1n) is 2.70. The zero-order valence-corrected chi connectivity index (χ0v) is 5.89. The molecule has 0 rings (SSSR count). The molecule has 0 aromatic carbocycles. The third-order valence-electron chi connectivity index (χ3n) is 1.50. The van der Waals surface area contributed by atoms with E-state index in [0.717, 1.165) is 0 Å². The first-order chi connectivity index (χ1) is 3.25. The van der Waals surface area contributed by atoms with Gasteiger partial charge in [-0.3, -0.25) is 0 Å². The van der Waals surface area contributed by atoms with Gasteiger partial charge in [-0.1, -0.05) is 0 Å². The van der Waals surface area contributed by atoms with Gasteiger partial charge in [-0.2, -0.15) is 0 Å². The van der Waals surface area contributed by atoms with Crippen LogP contribution in [0.5, 0.6) is 0 Å².